The van der Waals surface area contributed by atoms with Gasteiger partial charge >= 0.3 is 5.97 Å². The molecule has 1 saturated carbocycles. The molecule has 1 fully saturated rings. The average Bonchev–Trinajstić information content (AvgIpc) is 2.55. The Morgan fingerprint density at radius 1 is 1.09 bits per heavy atom. The van der Waals surface area contributed by atoms with Gasteiger partial charge in [0.1, 0.15) is 18.1 Å². The zero-order valence-electron chi connectivity index (χ0n) is 13.9. The van der Waals surface area contributed by atoms with Gasteiger partial charge in [0, 0.05) is 0 Å². The van der Waals surface area contributed by atoms with Gasteiger partial charge in [0.25, 0.3) is 0 Å². The van der Waals surface area contributed by atoms with E-state index in [4.69, 9.17) is 14.2 Å². The second-order valence-electron chi connectivity index (χ2n) is 5.94. The summed E-state index contributed by atoms with van der Waals surface area (Å²) in [7, 11) is 0. The first-order valence-electron chi connectivity index (χ1n) is 8.31. The third-order valence-corrected chi connectivity index (χ3v) is 4.18. The largest absolute Gasteiger partial charge is 0.494 e. The second kappa shape index (κ2) is 8.20. The van der Waals surface area contributed by atoms with Crippen LogP contribution in [0.3, 0.4) is 0 Å². The van der Waals surface area contributed by atoms with Crippen molar-refractivity contribution in [2.45, 2.75) is 45.1 Å². The van der Waals surface area contributed by atoms with Crippen LogP contribution in [0.15, 0.2) is 24.3 Å². The predicted octanol–water partition coefficient (Wildman–Crippen LogP) is 2.95. The highest BCUT2D eigenvalue weighted by Gasteiger charge is 2.37. The zero-order chi connectivity index (χ0) is 16.7. The van der Waals surface area contributed by atoms with Crippen LogP contribution >= 0.6 is 0 Å². The fraction of sp³-hybridized carbons (Fsp3) is 0.611. The van der Waals surface area contributed by atoms with Crippen molar-refractivity contribution in [3.05, 3.63) is 24.3 Å². The van der Waals surface area contributed by atoms with E-state index in [1.54, 1.807) is 0 Å². The van der Waals surface area contributed by atoms with Crippen molar-refractivity contribution in [2.24, 2.45) is 5.92 Å². The van der Waals surface area contributed by atoms with Crippen molar-refractivity contribution in [1.29, 1.82) is 0 Å². The summed E-state index contributed by atoms with van der Waals surface area (Å²) < 4.78 is 16.1. The fourth-order valence-electron chi connectivity index (χ4n) is 2.81. The molecule has 0 aliphatic heterocycles. The van der Waals surface area contributed by atoms with Gasteiger partial charge in [0.15, 0.2) is 0 Å². The van der Waals surface area contributed by atoms with Crippen LogP contribution in [0.2, 0.25) is 0 Å². The quantitative estimate of drug-likeness (QED) is 0.782. The van der Waals surface area contributed by atoms with Crippen molar-refractivity contribution in [3.63, 3.8) is 0 Å². The smallest absolute Gasteiger partial charge is 0.308 e. The Bertz CT molecular complexity index is 489. The SMILES string of the molecule is CCOC(=O)C1CCC(O)(COc2ccc(OCC)cc2)CC1. The molecule has 0 radical (unpaired) electrons. The van der Waals surface area contributed by atoms with Crippen molar-refractivity contribution in [3.8, 4) is 11.5 Å². The first-order valence-corrected chi connectivity index (χ1v) is 8.31. The van der Waals surface area contributed by atoms with Crippen LogP contribution in [0.4, 0.5) is 0 Å². The van der Waals surface area contributed by atoms with E-state index in [0.29, 0.717) is 44.6 Å². The lowest BCUT2D eigenvalue weighted by atomic mass is 9.79. The molecule has 128 valence electrons. The molecule has 5 nitrogen and oxygen atoms in total. The minimum Gasteiger partial charge on any atom is -0.494 e. The molecular formula is C18H26O5. The highest BCUT2D eigenvalue weighted by Crippen LogP contribution is 2.33. The highest BCUT2D eigenvalue weighted by molar-refractivity contribution is 5.72. The van der Waals surface area contributed by atoms with Gasteiger partial charge in [-0.3, -0.25) is 4.79 Å². The lowest BCUT2D eigenvalue weighted by Gasteiger charge is -2.34. The summed E-state index contributed by atoms with van der Waals surface area (Å²) in [6.07, 6.45) is 2.38. The molecule has 0 heterocycles. The molecule has 1 aromatic rings. The molecule has 1 aromatic carbocycles. The maximum Gasteiger partial charge on any atom is 0.308 e. The number of carbonyl (C=O) groups is 1. The third kappa shape index (κ3) is 5.13. The molecule has 0 spiro atoms. The Morgan fingerprint density at radius 2 is 1.65 bits per heavy atom. The Balaban J connectivity index is 1.80. The molecule has 0 atom stereocenters. The minimum absolute atomic E-state index is 0.0966. The first-order chi connectivity index (χ1) is 11.1. The average molecular weight is 322 g/mol. The fourth-order valence-corrected chi connectivity index (χ4v) is 2.81. The number of ether oxygens (including phenoxy) is 3. The van der Waals surface area contributed by atoms with Crippen LogP contribution in [-0.4, -0.2) is 36.5 Å². The van der Waals surface area contributed by atoms with Crippen LogP contribution < -0.4 is 9.47 Å². The van der Waals surface area contributed by atoms with Crippen molar-refractivity contribution in [1.82, 2.24) is 0 Å². The van der Waals surface area contributed by atoms with Crippen LogP contribution in [0, 0.1) is 5.92 Å². The van der Waals surface area contributed by atoms with Crippen LogP contribution in [0.1, 0.15) is 39.5 Å². The number of hydrogen-bond donors (Lipinski definition) is 1. The summed E-state index contributed by atoms with van der Waals surface area (Å²) in [6, 6.07) is 7.36. The van der Waals surface area contributed by atoms with Gasteiger partial charge in [-0.25, -0.2) is 0 Å². The lowest BCUT2D eigenvalue weighted by Crippen LogP contribution is -2.41. The summed E-state index contributed by atoms with van der Waals surface area (Å²) in [4.78, 5) is 11.7. The molecule has 5 heteroatoms. The molecule has 0 unspecified atom stereocenters. The molecule has 2 rings (SSSR count). The van der Waals surface area contributed by atoms with Gasteiger partial charge in [0.05, 0.1) is 24.7 Å². The van der Waals surface area contributed by atoms with E-state index in [0.717, 1.165) is 5.75 Å². The Hall–Kier alpha value is -1.75. The van der Waals surface area contributed by atoms with Crippen LogP contribution in [0.5, 0.6) is 11.5 Å². The van der Waals surface area contributed by atoms with Gasteiger partial charge in [-0.2, -0.15) is 0 Å². The van der Waals surface area contributed by atoms with Crippen LogP contribution in [0.25, 0.3) is 0 Å². The summed E-state index contributed by atoms with van der Waals surface area (Å²) in [5.74, 6) is 1.26. The number of carbonyl (C=O) groups excluding carboxylic acids is 1. The Labute approximate surface area is 137 Å². The number of hydrogen-bond acceptors (Lipinski definition) is 5. The van der Waals surface area contributed by atoms with Gasteiger partial charge in [0.2, 0.25) is 0 Å². The van der Waals surface area contributed by atoms with Gasteiger partial charge in [-0.1, -0.05) is 0 Å². The van der Waals surface area contributed by atoms with Crippen LogP contribution in [-0.2, 0) is 9.53 Å². The van der Waals surface area contributed by atoms with E-state index in [1.807, 2.05) is 38.1 Å². The molecule has 0 bridgehead atoms. The molecular weight excluding hydrogens is 296 g/mol. The molecule has 0 aromatic heterocycles. The molecule has 0 amide bonds. The molecule has 1 aliphatic rings. The molecule has 1 N–H and O–H groups in total. The lowest BCUT2D eigenvalue weighted by molar-refractivity contribution is -0.151. The molecule has 1 aliphatic carbocycles. The topological polar surface area (TPSA) is 65.0 Å². The van der Waals surface area contributed by atoms with Crippen molar-refractivity contribution >= 4 is 5.97 Å². The minimum atomic E-state index is -0.873. The van der Waals surface area contributed by atoms with E-state index >= 15 is 0 Å². The molecule has 0 saturated heterocycles. The van der Waals surface area contributed by atoms with E-state index in [-0.39, 0.29) is 18.5 Å². The van der Waals surface area contributed by atoms with Crippen molar-refractivity contribution < 1.29 is 24.1 Å². The number of benzene rings is 1. The monoisotopic (exact) mass is 322 g/mol. The molecule has 23 heavy (non-hydrogen) atoms. The highest BCUT2D eigenvalue weighted by atomic mass is 16.5. The predicted molar refractivity (Wildman–Crippen MR) is 86.6 cm³/mol. The summed E-state index contributed by atoms with van der Waals surface area (Å²) in [5, 5.41) is 10.6. The standard InChI is InChI=1S/C18H26O5/c1-3-21-15-5-7-16(8-6-15)23-13-18(20)11-9-14(10-12-18)17(19)22-4-2/h5-8,14,20H,3-4,9-13H2,1-2H3. The number of rotatable bonds is 7. The van der Waals surface area contributed by atoms with E-state index in [9.17, 15) is 9.90 Å². The maximum atomic E-state index is 11.7. The summed E-state index contributed by atoms with van der Waals surface area (Å²) in [6.45, 7) is 5.01. The van der Waals surface area contributed by atoms with Gasteiger partial charge < -0.3 is 19.3 Å². The van der Waals surface area contributed by atoms with E-state index in [1.165, 1.54) is 0 Å². The Kier molecular flexibility index (Phi) is 6.28. The normalized spacial score (nSPS) is 24.0. The Morgan fingerprint density at radius 3 is 2.17 bits per heavy atom. The van der Waals surface area contributed by atoms with Crippen molar-refractivity contribution in [2.75, 3.05) is 19.8 Å². The third-order valence-electron chi connectivity index (χ3n) is 4.18. The van der Waals surface area contributed by atoms with E-state index in [2.05, 4.69) is 0 Å². The second-order valence-corrected chi connectivity index (χ2v) is 5.94. The number of esters is 1. The summed E-state index contributed by atoms with van der Waals surface area (Å²) in [5.41, 5.74) is -0.873. The zero-order valence-corrected chi connectivity index (χ0v) is 13.9. The maximum absolute atomic E-state index is 11.7. The first kappa shape index (κ1) is 17.6. The van der Waals surface area contributed by atoms with E-state index < -0.39 is 5.60 Å². The van der Waals surface area contributed by atoms with Gasteiger partial charge in [-0.15, -0.1) is 0 Å². The summed E-state index contributed by atoms with van der Waals surface area (Å²) >= 11 is 0. The van der Waals surface area contributed by atoms with Gasteiger partial charge in [-0.05, 0) is 63.8 Å². The number of aliphatic hydroxyl groups is 1.